The molecule has 0 spiro atoms. The summed E-state index contributed by atoms with van der Waals surface area (Å²) in [6, 6.07) is 5.93. The van der Waals surface area contributed by atoms with Crippen LogP contribution in [0.4, 0.5) is 11.4 Å². The van der Waals surface area contributed by atoms with E-state index < -0.39 is 11.8 Å². The average molecular weight is 332 g/mol. The van der Waals surface area contributed by atoms with E-state index in [4.69, 9.17) is 0 Å². The van der Waals surface area contributed by atoms with Gasteiger partial charge in [0.1, 0.15) is 0 Å². The topological polar surface area (TPSA) is 64.7 Å². The second-order valence-corrected chi connectivity index (χ2v) is 6.85. The van der Waals surface area contributed by atoms with Crippen LogP contribution in [0, 0.1) is 12.8 Å². The maximum Gasteiger partial charge on any atom is 0.313 e. The number of carbonyl (C=O) groups excluding carboxylic acids is 2. The fraction of sp³-hybridized carbons (Fsp3) is 0.556. The van der Waals surface area contributed by atoms with E-state index in [1.807, 2.05) is 32.9 Å². The molecule has 6 heteroatoms. The highest BCUT2D eigenvalue weighted by Crippen LogP contribution is 2.23. The Morgan fingerprint density at radius 3 is 2.38 bits per heavy atom. The molecule has 1 saturated heterocycles. The monoisotopic (exact) mass is 332 g/mol. The molecule has 6 nitrogen and oxygen atoms in total. The molecule has 1 aromatic rings. The quantitative estimate of drug-likeness (QED) is 0.820. The van der Waals surface area contributed by atoms with E-state index in [-0.39, 0.29) is 0 Å². The molecule has 1 fully saturated rings. The third kappa shape index (κ3) is 4.96. The Bertz CT molecular complexity index is 593. The molecule has 0 aliphatic carbocycles. The predicted octanol–water partition coefficient (Wildman–Crippen LogP) is 1.46. The van der Waals surface area contributed by atoms with Gasteiger partial charge < -0.3 is 20.4 Å². The molecular weight excluding hydrogens is 304 g/mol. The lowest BCUT2D eigenvalue weighted by molar-refractivity contribution is -0.136. The number of anilines is 2. The number of aryl methyl sites for hydroxylation is 1. The summed E-state index contributed by atoms with van der Waals surface area (Å²) < 4.78 is 0. The minimum atomic E-state index is -0.619. The molecule has 1 aromatic carbocycles. The van der Waals surface area contributed by atoms with E-state index >= 15 is 0 Å². The summed E-state index contributed by atoms with van der Waals surface area (Å²) in [4.78, 5) is 28.4. The number of rotatable bonds is 4. The molecule has 0 unspecified atom stereocenters. The van der Waals surface area contributed by atoms with E-state index in [1.165, 1.54) is 0 Å². The first-order chi connectivity index (χ1) is 11.4. The Balaban J connectivity index is 1.97. The van der Waals surface area contributed by atoms with Crippen molar-refractivity contribution in [1.29, 1.82) is 0 Å². The third-order valence-corrected chi connectivity index (χ3v) is 4.20. The maximum atomic E-state index is 12.0. The lowest BCUT2D eigenvalue weighted by Gasteiger charge is -2.34. The number of benzene rings is 1. The summed E-state index contributed by atoms with van der Waals surface area (Å²) in [7, 11) is 2.13. The van der Waals surface area contributed by atoms with Crippen LogP contribution in [-0.2, 0) is 9.59 Å². The van der Waals surface area contributed by atoms with Gasteiger partial charge in [-0.1, -0.05) is 13.8 Å². The molecule has 1 heterocycles. The molecule has 0 bridgehead atoms. The lowest BCUT2D eigenvalue weighted by atomic mass is 10.1. The Labute approximate surface area is 144 Å². The summed E-state index contributed by atoms with van der Waals surface area (Å²) >= 11 is 0. The normalized spacial score (nSPS) is 15.5. The van der Waals surface area contributed by atoms with E-state index in [0.717, 1.165) is 37.4 Å². The van der Waals surface area contributed by atoms with Crippen LogP contribution in [0.5, 0.6) is 0 Å². The van der Waals surface area contributed by atoms with Crippen molar-refractivity contribution in [1.82, 2.24) is 10.2 Å². The Kier molecular flexibility index (Phi) is 6.20. The third-order valence-electron chi connectivity index (χ3n) is 4.20. The molecule has 2 amide bonds. The summed E-state index contributed by atoms with van der Waals surface area (Å²) in [6.45, 7) is 10.5. The van der Waals surface area contributed by atoms with Gasteiger partial charge in [0.05, 0.1) is 0 Å². The zero-order valence-corrected chi connectivity index (χ0v) is 15.1. The zero-order valence-electron chi connectivity index (χ0n) is 15.1. The molecule has 24 heavy (non-hydrogen) atoms. The number of likely N-dealkylation sites (N-methyl/N-ethyl adjacent to an activating group) is 1. The molecule has 2 N–H and O–H groups in total. The first kappa shape index (κ1) is 18.3. The standard InChI is InChI=1S/C18H28N4O2/c1-13(2)12-19-17(23)18(24)20-16-6-5-15(11-14(16)3)22-9-7-21(4)8-10-22/h5-6,11,13H,7-10,12H2,1-4H3,(H,19,23)(H,20,24). The van der Waals surface area contributed by atoms with Crippen molar-refractivity contribution in [2.24, 2.45) is 5.92 Å². The van der Waals surface area contributed by atoms with Gasteiger partial charge in [0.2, 0.25) is 0 Å². The summed E-state index contributed by atoms with van der Waals surface area (Å²) in [5, 5.41) is 5.32. The van der Waals surface area contributed by atoms with Crippen molar-refractivity contribution in [3.8, 4) is 0 Å². The predicted molar refractivity (Wildman–Crippen MR) is 97.4 cm³/mol. The van der Waals surface area contributed by atoms with E-state index in [1.54, 1.807) is 0 Å². The SMILES string of the molecule is Cc1cc(N2CCN(C)CC2)ccc1NC(=O)C(=O)NCC(C)C. The number of nitrogens with one attached hydrogen (secondary N) is 2. The number of hydrogen-bond donors (Lipinski definition) is 2. The number of amides is 2. The smallest absolute Gasteiger partial charge is 0.313 e. The van der Waals surface area contributed by atoms with Gasteiger partial charge in [-0.2, -0.15) is 0 Å². The molecule has 0 atom stereocenters. The van der Waals surface area contributed by atoms with E-state index in [0.29, 0.717) is 18.2 Å². The van der Waals surface area contributed by atoms with Crippen LogP contribution in [0.2, 0.25) is 0 Å². The molecule has 132 valence electrons. The second-order valence-electron chi connectivity index (χ2n) is 6.85. The van der Waals surface area contributed by atoms with Crippen molar-refractivity contribution in [2.45, 2.75) is 20.8 Å². The Morgan fingerprint density at radius 1 is 1.12 bits per heavy atom. The average Bonchev–Trinajstić information content (AvgIpc) is 2.55. The zero-order chi connectivity index (χ0) is 17.7. The summed E-state index contributed by atoms with van der Waals surface area (Å²) in [5.41, 5.74) is 2.79. The van der Waals surface area contributed by atoms with Gasteiger partial charge in [-0.3, -0.25) is 9.59 Å². The highest BCUT2D eigenvalue weighted by molar-refractivity contribution is 6.39. The van der Waals surface area contributed by atoms with Crippen LogP contribution in [-0.4, -0.2) is 56.5 Å². The highest BCUT2D eigenvalue weighted by Gasteiger charge is 2.17. The molecule has 0 saturated carbocycles. The van der Waals surface area contributed by atoms with Crippen molar-refractivity contribution in [3.05, 3.63) is 23.8 Å². The number of carbonyl (C=O) groups is 2. The van der Waals surface area contributed by atoms with Crippen LogP contribution in [0.3, 0.4) is 0 Å². The molecule has 0 radical (unpaired) electrons. The molecule has 1 aliphatic rings. The first-order valence-corrected chi connectivity index (χ1v) is 8.50. The number of hydrogen-bond acceptors (Lipinski definition) is 4. The van der Waals surface area contributed by atoms with Gasteiger partial charge in [0, 0.05) is 44.1 Å². The maximum absolute atomic E-state index is 12.0. The van der Waals surface area contributed by atoms with Gasteiger partial charge >= 0.3 is 11.8 Å². The highest BCUT2D eigenvalue weighted by atomic mass is 16.2. The van der Waals surface area contributed by atoms with E-state index in [9.17, 15) is 9.59 Å². The largest absolute Gasteiger partial charge is 0.369 e. The fourth-order valence-electron chi connectivity index (χ4n) is 2.61. The van der Waals surface area contributed by atoms with Crippen LogP contribution in [0.25, 0.3) is 0 Å². The van der Waals surface area contributed by atoms with Crippen LogP contribution >= 0.6 is 0 Å². The fourth-order valence-corrected chi connectivity index (χ4v) is 2.61. The van der Waals surface area contributed by atoms with Gasteiger partial charge in [-0.15, -0.1) is 0 Å². The van der Waals surface area contributed by atoms with Gasteiger partial charge in [-0.25, -0.2) is 0 Å². The van der Waals surface area contributed by atoms with Gasteiger partial charge in [0.25, 0.3) is 0 Å². The number of piperazine rings is 1. The first-order valence-electron chi connectivity index (χ1n) is 8.50. The van der Waals surface area contributed by atoms with Gasteiger partial charge in [0.15, 0.2) is 0 Å². The minimum Gasteiger partial charge on any atom is -0.369 e. The Morgan fingerprint density at radius 2 is 1.79 bits per heavy atom. The van der Waals surface area contributed by atoms with Crippen LogP contribution in [0.15, 0.2) is 18.2 Å². The molecule has 1 aliphatic heterocycles. The second kappa shape index (κ2) is 8.15. The van der Waals surface area contributed by atoms with Crippen molar-refractivity contribution >= 4 is 23.2 Å². The molecule has 2 rings (SSSR count). The molecule has 0 aromatic heterocycles. The number of nitrogens with zero attached hydrogens (tertiary/aromatic N) is 2. The minimum absolute atomic E-state index is 0.311. The molecular formula is C18H28N4O2. The summed E-state index contributed by atoms with van der Waals surface area (Å²) in [6.07, 6.45) is 0. The lowest BCUT2D eigenvalue weighted by Crippen LogP contribution is -2.44. The van der Waals surface area contributed by atoms with Crippen molar-refractivity contribution in [2.75, 3.05) is 50.0 Å². The van der Waals surface area contributed by atoms with Crippen molar-refractivity contribution < 1.29 is 9.59 Å². The summed E-state index contributed by atoms with van der Waals surface area (Å²) in [5.74, 6) is -0.899. The van der Waals surface area contributed by atoms with E-state index in [2.05, 4.69) is 33.5 Å². The van der Waals surface area contributed by atoms with Crippen LogP contribution in [0.1, 0.15) is 19.4 Å². The van der Waals surface area contributed by atoms with Crippen molar-refractivity contribution in [3.63, 3.8) is 0 Å². The van der Waals surface area contributed by atoms with Crippen LogP contribution < -0.4 is 15.5 Å². The Hall–Kier alpha value is -2.08. The van der Waals surface area contributed by atoms with Gasteiger partial charge in [-0.05, 0) is 43.7 Å².